The number of nitrogens with one attached hydrogen (secondary N) is 3. The molecule has 0 aliphatic carbocycles. The van der Waals surface area contributed by atoms with Crippen LogP contribution in [0, 0.1) is 0 Å². The molecule has 0 unspecified atom stereocenters. The lowest BCUT2D eigenvalue weighted by atomic mass is 10.1. The van der Waals surface area contributed by atoms with Crippen molar-refractivity contribution in [1.29, 1.82) is 0 Å². The number of aromatic hydroxyl groups is 1. The summed E-state index contributed by atoms with van der Waals surface area (Å²) in [7, 11) is 1.81. The highest BCUT2D eigenvalue weighted by Gasteiger charge is 2.28. The summed E-state index contributed by atoms with van der Waals surface area (Å²) < 4.78 is 0. The Bertz CT molecular complexity index is 1000. The predicted octanol–water partition coefficient (Wildman–Crippen LogP) is -0.619. The van der Waals surface area contributed by atoms with Crippen LogP contribution in [0.15, 0.2) is 24.3 Å². The number of aromatic nitrogens is 2. The lowest BCUT2D eigenvalue weighted by Crippen LogP contribution is -2.46. The molecule has 1 aromatic heterocycles. The van der Waals surface area contributed by atoms with Gasteiger partial charge in [0.05, 0.1) is 6.04 Å². The number of nitrogens with zero attached hydrogens (tertiary/aromatic N) is 3. The number of rotatable bonds is 9. The second-order valence-corrected chi connectivity index (χ2v) is 7.63. The minimum atomic E-state index is -1.64. The Kier molecular flexibility index (Phi) is 7.35. The first-order chi connectivity index (χ1) is 15.7. The number of likely N-dealkylation sites (N-methyl/N-ethyl adjacent to an activating group) is 1. The predicted molar refractivity (Wildman–Crippen MR) is 120 cm³/mol. The number of fused-ring (bicyclic) bond motifs is 1. The highest BCUT2D eigenvalue weighted by Crippen LogP contribution is 2.36. The number of carboxylic acids is 1. The SMILES string of the molecule is CN1c2c(O)nc(N)nc2NC[C@@H]1CNc1ccc(C(=O)N[C@@H](CCC(O)O)C(=O)O)cc1. The molecule has 0 fully saturated rings. The maximum Gasteiger partial charge on any atom is 0.326 e. The molecular weight excluding hydrogens is 434 g/mol. The third-order valence-electron chi connectivity index (χ3n) is 5.29. The number of anilines is 4. The number of benzene rings is 1. The van der Waals surface area contributed by atoms with Gasteiger partial charge in [-0.25, -0.2) is 4.79 Å². The fourth-order valence-electron chi connectivity index (χ4n) is 3.44. The number of carbonyl (C=O) groups excluding carboxylic acids is 1. The van der Waals surface area contributed by atoms with Gasteiger partial charge in [-0.05, 0) is 30.7 Å². The summed E-state index contributed by atoms with van der Waals surface area (Å²) in [5.41, 5.74) is 7.03. The molecule has 0 saturated carbocycles. The van der Waals surface area contributed by atoms with Crippen LogP contribution in [0.5, 0.6) is 5.88 Å². The molecule has 2 aromatic rings. The number of hydrogen-bond donors (Lipinski definition) is 8. The lowest BCUT2D eigenvalue weighted by molar-refractivity contribution is -0.139. The zero-order valence-electron chi connectivity index (χ0n) is 17.9. The topological polar surface area (TPSA) is 206 Å². The summed E-state index contributed by atoms with van der Waals surface area (Å²) >= 11 is 0. The number of amides is 1. The molecule has 178 valence electrons. The van der Waals surface area contributed by atoms with Crippen LogP contribution in [0.2, 0.25) is 0 Å². The summed E-state index contributed by atoms with van der Waals surface area (Å²) in [4.78, 5) is 33.4. The van der Waals surface area contributed by atoms with Crippen molar-refractivity contribution in [2.24, 2.45) is 0 Å². The molecule has 13 heteroatoms. The van der Waals surface area contributed by atoms with Crippen LogP contribution >= 0.6 is 0 Å². The van der Waals surface area contributed by atoms with Gasteiger partial charge in [0.1, 0.15) is 11.7 Å². The Labute approximate surface area is 189 Å². The summed E-state index contributed by atoms with van der Waals surface area (Å²) in [5, 5.41) is 45.9. The highest BCUT2D eigenvalue weighted by atomic mass is 16.5. The number of nitrogen functional groups attached to an aromatic ring is 1. The normalized spacial score (nSPS) is 16.0. The summed E-state index contributed by atoms with van der Waals surface area (Å²) in [5.74, 6) is -1.60. The smallest absolute Gasteiger partial charge is 0.326 e. The van der Waals surface area contributed by atoms with E-state index in [1.54, 1.807) is 24.3 Å². The van der Waals surface area contributed by atoms with E-state index >= 15 is 0 Å². The number of nitrogens with two attached hydrogens (primary N) is 1. The molecule has 0 bridgehead atoms. The highest BCUT2D eigenvalue weighted by molar-refractivity contribution is 5.96. The van der Waals surface area contributed by atoms with Gasteiger partial charge in [0.15, 0.2) is 12.1 Å². The van der Waals surface area contributed by atoms with Crippen LogP contribution in [0.25, 0.3) is 0 Å². The third-order valence-corrected chi connectivity index (χ3v) is 5.29. The Morgan fingerprint density at radius 3 is 2.58 bits per heavy atom. The fraction of sp³-hybridized carbons (Fsp3) is 0.400. The number of aliphatic carboxylic acids is 1. The van der Waals surface area contributed by atoms with Gasteiger partial charge < -0.3 is 47.0 Å². The molecule has 13 nitrogen and oxygen atoms in total. The van der Waals surface area contributed by atoms with Gasteiger partial charge in [0.25, 0.3) is 5.91 Å². The first-order valence-corrected chi connectivity index (χ1v) is 10.2. The number of carbonyl (C=O) groups is 2. The van der Waals surface area contributed by atoms with Gasteiger partial charge in [-0.2, -0.15) is 9.97 Å². The monoisotopic (exact) mass is 461 g/mol. The third kappa shape index (κ3) is 5.90. The van der Waals surface area contributed by atoms with Gasteiger partial charge >= 0.3 is 5.97 Å². The molecule has 0 radical (unpaired) electrons. The standard InChI is InChI=1S/C20H27N7O6/c1-27-12(9-23-16-15(27)18(31)26-20(21)25-16)8-22-11-4-2-10(3-5-11)17(30)24-13(19(32)33)6-7-14(28)29/h2-5,12-14,22,28-29H,6-9H2,1H3,(H,24,30)(H,32,33)(H4,21,23,25,26,31)/t12-,13-/m0/s1. The van der Waals surface area contributed by atoms with E-state index in [0.29, 0.717) is 24.6 Å². The number of aliphatic hydroxyl groups excluding tert-OH is 1. The van der Waals surface area contributed by atoms with E-state index in [9.17, 15) is 19.8 Å². The summed E-state index contributed by atoms with van der Waals surface area (Å²) in [6.07, 6.45) is -1.93. The van der Waals surface area contributed by atoms with E-state index in [-0.39, 0.29) is 36.3 Å². The fourth-order valence-corrected chi connectivity index (χ4v) is 3.44. The van der Waals surface area contributed by atoms with Crippen LogP contribution in [0.3, 0.4) is 0 Å². The van der Waals surface area contributed by atoms with E-state index < -0.39 is 24.2 Å². The molecule has 2 atom stereocenters. The van der Waals surface area contributed by atoms with Gasteiger partial charge in [-0.15, -0.1) is 0 Å². The second-order valence-electron chi connectivity index (χ2n) is 7.63. The molecule has 9 N–H and O–H groups in total. The summed E-state index contributed by atoms with van der Waals surface area (Å²) in [6, 6.07) is 5.21. The second kappa shape index (κ2) is 10.2. The zero-order chi connectivity index (χ0) is 24.1. The lowest BCUT2D eigenvalue weighted by Gasteiger charge is -2.36. The first-order valence-electron chi connectivity index (χ1n) is 10.2. The van der Waals surface area contributed by atoms with E-state index in [0.717, 1.165) is 5.69 Å². The van der Waals surface area contributed by atoms with Crippen molar-refractivity contribution < 1.29 is 30.0 Å². The van der Waals surface area contributed by atoms with Crippen molar-refractivity contribution >= 4 is 35.0 Å². The van der Waals surface area contributed by atoms with Crippen molar-refractivity contribution in [3.05, 3.63) is 29.8 Å². The van der Waals surface area contributed by atoms with Crippen LogP contribution < -0.4 is 26.6 Å². The van der Waals surface area contributed by atoms with E-state index in [1.807, 2.05) is 11.9 Å². The summed E-state index contributed by atoms with van der Waals surface area (Å²) in [6.45, 7) is 1.05. The minimum Gasteiger partial charge on any atom is -0.492 e. The van der Waals surface area contributed by atoms with E-state index in [2.05, 4.69) is 25.9 Å². The molecule has 0 spiro atoms. The molecule has 3 rings (SSSR count). The molecule has 1 amide bonds. The van der Waals surface area contributed by atoms with E-state index in [1.165, 1.54) is 0 Å². The van der Waals surface area contributed by atoms with E-state index in [4.69, 9.17) is 15.9 Å². The largest absolute Gasteiger partial charge is 0.492 e. The van der Waals surface area contributed by atoms with Crippen molar-refractivity contribution in [1.82, 2.24) is 15.3 Å². The molecule has 0 saturated heterocycles. The van der Waals surface area contributed by atoms with Crippen molar-refractivity contribution in [3.63, 3.8) is 0 Å². The first kappa shape index (κ1) is 23.8. The average Bonchev–Trinajstić information content (AvgIpc) is 2.75. The van der Waals surface area contributed by atoms with Crippen LogP contribution in [0.1, 0.15) is 23.2 Å². The Morgan fingerprint density at radius 2 is 1.94 bits per heavy atom. The Morgan fingerprint density at radius 1 is 1.24 bits per heavy atom. The molecule has 1 aromatic carbocycles. The van der Waals surface area contributed by atoms with Crippen LogP contribution in [0.4, 0.5) is 23.1 Å². The number of aliphatic hydroxyl groups is 2. The molecule has 1 aliphatic heterocycles. The van der Waals surface area contributed by atoms with Gasteiger partial charge in [-0.3, -0.25) is 4.79 Å². The van der Waals surface area contributed by atoms with Gasteiger partial charge in [-0.1, -0.05) is 0 Å². The van der Waals surface area contributed by atoms with Crippen LogP contribution in [-0.2, 0) is 4.79 Å². The van der Waals surface area contributed by atoms with Gasteiger partial charge in [0, 0.05) is 37.8 Å². The molecule has 1 aliphatic rings. The van der Waals surface area contributed by atoms with Crippen molar-refractivity contribution in [3.8, 4) is 5.88 Å². The maximum atomic E-state index is 12.4. The Hall–Kier alpha value is -3.84. The quantitative estimate of drug-likeness (QED) is 0.220. The number of carboxylic acid groups (broad SMARTS) is 1. The minimum absolute atomic E-state index is 0.0199. The van der Waals surface area contributed by atoms with Crippen LogP contribution in [-0.4, -0.2) is 80.8 Å². The molecule has 2 heterocycles. The molecule has 33 heavy (non-hydrogen) atoms. The molecular formula is C20H27N7O6. The van der Waals surface area contributed by atoms with Crippen molar-refractivity contribution in [2.75, 3.05) is 41.4 Å². The zero-order valence-corrected chi connectivity index (χ0v) is 17.9. The Balaban J connectivity index is 1.57. The van der Waals surface area contributed by atoms with Crippen molar-refractivity contribution in [2.45, 2.75) is 31.2 Å². The maximum absolute atomic E-state index is 12.4. The number of hydrogen-bond acceptors (Lipinski definition) is 11. The van der Waals surface area contributed by atoms with Gasteiger partial charge in [0.2, 0.25) is 11.8 Å². The average molecular weight is 461 g/mol.